The highest BCUT2D eigenvalue weighted by molar-refractivity contribution is 8.03. The molecule has 1 aliphatic rings. The van der Waals surface area contributed by atoms with Crippen molar-refractivity contribution in [1.82, 2.24) is 0 Å². The number of hydrogen-bond acceptors (Lipinski definition) is 4. The molecule has 0 amide bonds. The molecule has 0 aliphatic carbocycles. The first-order chi connectivity index (χ1) is 7.40. The molecule has 1 saturated heterocycles. The summed E-state index contributed by atoms with van der Waals surface area (Å²) in [6.45, 7) is 3.50. The molecule has 0 aromatic heterocycles. The molecule has 0 bridgehead atoms. The van der Waals surface area contributed by atoms with Crippen LogP contribution in [0.4, 0.5) is 5.69 Å². The van der Waals surface area contributed by atoms with Crippen LogP contribution in [0.25, 0.3) is 0 Å². The number of ether oxygens (including phenoxy) is 1. The number of nitriles is 1. The molecule has 1 aromatic carbocycles. The average Bonchev–Trinajstić information content (AvgIpc) is 2.32. The maximum atomic E-state index is 8.52. The van der Waals surface area contributed by atoms with Gasteiger partial charge in [0.05, 0.1) is 13.2 Å². The van der Waals surface area contributed by atoms with Gasteiger partial charge in [-0.2, -0.15) is 5.26 Å². The van der Waals surface area contributed by atoms with Gasteiger partial charge in [0.1, 0.15) is 5.40 Å². The second-order valence-electron chi connectivity index (χ2n) is 3.29. The van der Waals surface area contributed by atoms with Crippen LogP contribution in [-0.2, 0) is 4.74 Å². The zero-order valence-electron chi connectivity index (χ0n) is 8.35. The number of thioether (sulfide) groups is 1. The zero-order valence-corrected chi connectivity index (χ0v) is 9.17. The highest BCUT2D eigenvalue weighted by atomic mass is 32.2. The third-order valence-electron chi connectivity index (χ3n) is 2.38. The SMILES string of the molecule is N#CSc1ccc(N2CCOCC2)cc1. The number of nitrogens with zero attached hydrogens (tertiary/aromatic N) is 2. The molecule has 0 radical (unpaired) electrons. The van der Waals surface area contributed by atoms with Gasteiger partial charge in [0, 0.05) is 23.7 Å². The lowest BCUT2D eigenvalue weighted by Crippen LogP contribution is -2.36. The van der Waals surface area contributed by atoms with E-state index in [0.29, 0.717) is 0 Å². The summed E-state index contributed by atoms with van der Waals surface area (Å²) in [5.41, 5.74) is 1.21. The fourth-order valence-electron chi connectivity index (χ4n) is 1.60. The van der Waals surface area contributed by atoms with Crippen LogP contribution in [0.5, 0.6) is 0 Å². The summed E-state index contributed by atoms with van der Waals surface area (Å²) < 4.78 is 5.29. The molecule has 15 heavy (non-hydrogen) atoms. The number of anilines is 1. The number of benzene rings is 1. The fourth-order valence-corrected chi connectivity index (χ4v) is 1.98. The van der Waals surface area contributed by atoms with Gasteiger partial charge < -0.3 is 9.64 Å². The molecule has 1 heterocycles. The fraction of sp³-hybridized carbons (Fsp3) is 0.364. The molecule has 0 atom stereocenters. The van der Waals surface area contributed by atoms with Gasteiger partial charge in [0.2, 0.25) is 0 Å². The monoisotopic (exact) mass is 220 g/mol. The number of morpholine rings is 1. The van der Waals surface area contributed by atoms with E-state index in [1.165, 1.54) is 17.4 Å². The summed E-state index contributed by atoms with van der Waals surface area (Å²) in [4.78, 5) is 3.29. The molecule has 0 unspecified atom stereocenters. The summed E-state index contributed by atoms with van der Waals surface area (Å²) in [6, 6.07) is 8.09. The first-order valence-corrected chi connectivity index (χ1v) is 5.70. The standard InChI is InChI=1S/C11H12N2OS/c12-9-15-11-3-1-10(2-4-11)13-5-7-14-8-6-13/h1-4H,5-8H2. The predicted molar refractivity (Wildman–Crippen MR) is 60.9 cm³/mol. The quantitative estimate of drug-likeness (QED) is 0.565. The van der Waals surface area contributed by atoms with Crippen molar-refractivity contribution in [1.29, 1.82) is 5.26 Å². The Hall–Kier alpha value is -1.18. The molecule has 1 aromatic rings. The lowest BCUT2D eigenvalue weighted by atomic mass is 10.2. The first-order valence-electron chi connectivity index (χ1n) is 4.89. The molecular formula is C11H12N2OS. The zero-order chi connectivity index (χ0) is 10.5. The Labute approximate surface area is 93.6 Å². The normalized spacial score (nSPS) is 16.1. The van der Waals surface area contributed by atoms with E-state index in [4.69, 9.17) is 10.00 Å². The van der Waals surface area contributed by atoms with Crippen molar-refractivity contribution >= 4 is 17.4 Å². The third-order valence-corrected chi connectivity index (χ3v) is 2.98. The Morgan fingerprint density at radius 1 is 1.20 bits per heavy atom. The van der Waals surface area contributed by atoms with Gasteiger partial charge in [-0.1, -0.05) is 0 Å². The molecule has 4 heteroatoms. The van der Waals surface area contributed by atoms with Crippen molar-refractivity contribution < 1.29 is 4.74 Å². The van der Waals surface area contributed by atoms with Crippen LogP contribution in [0.3, 0.4) is 0 Å². The van der Waals surface area contributed by atoms with Gasteiger partial charge in [0.15, 0.2) is 0 Å². The molecule has 3 nitrogen and oxygen atoms in total. The van der Waals surface area contributed by atoms with E-state index in [-0.39, 0.29) is 0 Å². The summed E-state index contributed by atoms with van der Waals surface area (Å²) in [6.07, 6.45) is 0. The topological polar surface area (TPSA) is 36.3 Å². The number of rotatable bonds is 2. The van der Waals surface area contributed by atoms with Gasteiger partial charge in [0.25, 0.3) is 0 Å². The lowest BCUT2D eigenvalue weighted by Gasteiger charge is -2.28. The van der Waals surface area contributed by atoms with Crippen LogP contribution in [0, 0.1) is 10.7 Å². The van der Waals surface area contributed by atoms with E-state index >= 15 is 0 Å². The summed E-state index contributed by atoms with van der Waals surface area (Å²) in [5.74, 6) is 0. The van der Waals surface area contributed by atoms with E-state index in [1.54, 1.807) is 0 Å². The van der Waals surface area contributed by atoms with Crippen molar-refractivity contribution in [2.24, 2.45) is 0 Å². The molecular weight excluding hydrogens is 208 g/mol. The van der Waals surface area contributed by atoms with Crippen LogP contribution in [0.15, 0.2) is 29.2 Å². The van der Waals surface area contributed by atoms with Crippen molar-refractivity contribution in [3.05, 3.63) is 24.3 Å². The van der Waals surface area contributed by atoms with Gasteiger partial charge in [-0.3, -0.25) is 0 Å². The Kier molecular flexibility index (Phi) is 3.49. The molecule has 78 valence electrons. The summed E-state index contributed by atoms with van der Waals surface area (Å²) >= 11 is 1.19. The van der Waals surface area contributed by atoms with Gasteiger partial charge >= 0.3 is 0 Å². The van der Waals surface area contributed by atoms with Gasteiger partial charge in [-0.15, -0.1) is 0 Å². The molecule has 0 N–H and O–H groups in total. The highest BCUT2D eigenvalue weighted by Gasteiger charge is 2.10. The van der Waals surface area contributed by atoms with Crippen molar-refractivity contribution in [2.75, 3.05) is 31.2 Å². The van der Waals surface area contributed by atoms with E-state index in [2.05, 4.69) is 22.4 Å². The molecule has 0 spiro atoms. The maximum absolute atomic E-state index is 8.52. The number of thiocyanates is 1. The molecule has 2 rings (SSSR count). The minimum Gasteiger partial charge on any atom is -0.378 e. The van der Waals surface area contributed by atoms with Crippen molar-refractivity contribution in [2.45, 2.75) is 4.90 Å². The highest BCUT2D eigenvalue weighted by Crippen LogP contribution is 2.21. The van der Waals surface area contributed by atoms with E-state index in [9.17, 15) is 0 Å². The van der Waals surface area contributed by atoms with Crippen LogP contribution < -0.4 is 4.90 Å². The van der Waals surface area contributed by atoms with Gasteiger partial charge in [-0.05, 0) is 36.0 Å². The Morgan fingerprint density at radius 2 is 1.87 bits per heavy atom. The van der Waals surface area contributed by atoms with E-state index in [0.717, 1.165) is 31.2 Å². The van der Waals surface area contributed by atoms with Gasteiger partial charge in [-0.25, -0.2) is 0 Å². The largest absolute Gasteiger partial charge is 0.378 e. The second-order valence-corrected chi connectivity index (χ2v) is 4.14. The van der Waals surface area contributed by atoms with Crippen LogP contribution in [0.1, 0.15) is 0 Å². The molecule has 0 saturated carbocycles. The second kappa shape index (κ2) is 5.06. The molecule has 1 fully saturated rings. The molecule has 1 aliphatic heterocycles. The van der Waals surface area contributed by atoms with Crippen LogP contribution >= 0.6 is 11.8 Å². The van der Waals surface area contributed by atoms with E-state index < -0.39 is 0 Å². The Balaban J connectivity index is 2.05. The van der Waals surface area contributed by atoms with Crippen LogP contribution in [0.2, 0.25) is 0 Å². The van der Waals surface area contributed by atoms with Crippen molar-refractivity contribution in [3.8, 4) is 5.40 Å². The van der Waals surface area contributed by atoms with E-state index in [1.807, 2.05) is 12.1 Å². The smallest absolute Gasteiger partial charge is 0.138 e. The third kappa shape index (κ3) is 2.65. The lowest BCUT2D eigenvalue weighted by molar-refractivity contribution is 0.122. The summed E-state index contributed by atoms with van der Waals surface area (Å²) in [7, 11) is 0. The Bertz CT molecular complexity index is 352. The van der Waals surface area contributed by atoms with Crippen LogP contribution in [-0.4, -0.2) is 26.3 Å². The maximum Gasteiger partial charge on any atom is 0.138 e. The first kappa shape index (κ1) is 10.3. The predicted octanol–water partition coefficient (Wildman–Crippen LogP) is 2.10. The minimum atomic E-state index is 0.800. The summed E-state index contributed by atoms with van der Waals surface area (Å²) in [5, 5.41) is 10.6. The average molecular weight is 220 g/mol. The Morgan fingerprint density at radius 3 is 2.47 bits per heavy atom. The number of hydrogen-bond donors (Lipinski definition) is 0. The minimum absolute atomic E-state index is 0.800. The van der Waals surface area contributed by atoms with Crippen molar-refractivity contribution in [3.63, 3.8) is 0 Å².